The van der Waals surface area contributed by atoms with Gasteiger partial charge in [0, 0.05) is 0 Å². The Morgan fingerprint density at radius 1 is 1.60 bits per heavy atom. The predicted molar refractivity (Wildman–Crippen MR) is 32.7 cm³/mol. The standard InChI is InChI=1S/C6H7N2O2/c9-6-4-1-2-7-3-5(4)10-8-6/h7H,1-3H2. The Morgan fingerprint density at radius 2 is 2.50 bits per heavy atom. The van der Waals surface area contributed by atoms with Gasteiger partial charge in [-0.1, -0.05) is 0 Å². The molecule has 0 saturated heterocycles. The lowest BCUT2D eigenvalue weighted by Crippen LogP contribution is -2.24. The zero-order chi connectivity index (χ0) is 6.97. The van der Waals surface area contributed by atoms with Gasteiger partial charge in [-0.25, -0.2) is 0 Å². The van der Waals surface area contributed by atoms with Crippen LogP contribution in [-0.4, -0.2) is 19.0 Å². The Balaban J connectivity index is 2.29. The lowest BCUT2D eigenvalue weighted by molar-refractivity contribution is -0.123. The second-order valence-electron chi connectivity index (χ2n) is 2.32. The summed E-state index contributed by atoms with van der Waals surface area (Å²) in [6, 6.07) is 0. The van der Waals surface area contributed by atoms with E-state index in [0.29, 0.717) is 12.3 Å². The summed E-state index contributed by atoms with van der Waals surface area (Å²) in [6.45, 7) is 1.49. The first-order chi connectivity index (χ1) is 4.88. The summed E-state index contributed by atoms with van der Waals surface area (Å²) in [5.74, 6) is 0.507. The van der Waals surface area contributed by atoms with Crippen LogP contribution < -0.4 is 10.8 Å². The second kappa shape index (κ2) is 1.98. The molecule has 53 valence electrons. The van der Waals surface area contributed by atoms with E-state index in [-0.39, 0.29) is 5.91 Å². The highest BCUT2D eigenvalue weighted by Crippen LogP contribution is 2.18. The third kappa shape index (κ3) is 0.690. The molecule has 2 rings (SSSR count). The van der Waals surface area contributed by atoms with Gasteiger partial charge in [-0.2, -0.15) is 0 Å². The van der Waals surface area contributed by atoms with Crippen LogP contribution in [0.5, 0.6) is 0 Å². The van der Waals surface area contributed by atoms with Crippen LogP contribution in [0.3, 0.4) is 0 Å². The molecule has 0 aromatic carbocycles. The molecule has 0 saturated carbocycles. The van der Waals surface area contributed by atoms with Crippen LogP contribution in [0.2, 0.25) is 0 Å². The van der Waals surface area contributed by atoms with Crippen LogP contribution in [-0.2, 0) is 9.63 Å². The highest BCUT2D eigenvalue weighted by Gasteiger charge is 2.28. The van der Waals surface area contributed by atoms with Gasteiger partial charge in [0.25, 0.3) is 0 Å². The maximum atomic E-state index is 10.8. The van der Waals surface area contributed by atoms with Gasteiger partial charge >= 0.3 is 5.91 Å². The van der Waals surface area contributed by atoms with Crippen molar-refractivity contribution in [3.63, 3.8) is 0 Å². The van der Waals surface area contributed by atoms with Gasteiger partial charge in [0.15, 0.2) is 5.76 Å². The molecule has 2 aliphatic heterocycles. The van der Waals surface area contributed by atoms with E-state index in [9.17, 15) is 4.79 Å². The number of carbonyl (C=O) groups is 1. The lowest BCUT2D eigenvalue weighted by Gasteiger charge is -2.09. The average Bonchev–Trinajstić information content (AvgIpc) is 2.34. The van der Waals surface area contributed by atoms with E-state index in [1.807, 2.05) is 0 Å². The number of nitrogens with one attached hydrogen (secondary N) is 1. The van der Waals surface area contributed by atoms with E-state index < -0.39 is 0 Å². The minimum absolute atomic E-state index is 0.198. The Kier molecular flexibility index (Phi) is 1.14. The molecule has 0 atom stereocenters. The molecule has 0 bridgehead atoms. The van der Waals surface area contributed by atoms with Crippen LogP contribution in [0, 0.1) is 0 Å². The fraction of sp³-hybridized carbons (Fsp3) is 0.500. The van der Waals surface area contributed by atoms with Crippen molar-refractivity contribution in [3.8, 4) is 0 Å². The van der Waals surface area contributed by atoms with Crippen molar-refractivity contribution in [2.24, 2.45) is 0 Å². The number of rotatable bonds is 0. The molecule has 0 fully saturated rings. The Labute approximate surface area is 58.2 Å². The number of hydrogen-bond donors (Lipinski definition) is 1. The maximum Gasteiger partial charge on any atom is 0.311 e. The largest absolute Gasteiger partial charge is 0.356 e. The van der Waals surface area contributed by atoms with Crippen molar-refractivity contribution < 1.29 is 9.63 Å². The highest BCUT2D eigenvalue weighted by atomic mass is 16.7. The molecule has 2 heterocycles. The Hall–Kier alpha value is -1.03. The molecular weight excluding hydrogens is 132 g/mol. The van der Waals surface area contributed by atoms with Crippen molar-refractivity contribution in [1.29, 1.82) is 0 Å². The summed E-state index contributed by atoms with van der Waals surface area (Å²) in [5.41, 5.74) is 4.08. The maximum absolute atomic E-state index is 10.8. The highest BCUT2D eigenvalue weighted by molar-refractivity contribution is 5.94. The zero-order valence-electron chi connectivity index (χ0n) is 5.39. The second-order valence-corrected chi connectivity index (χ2v) is 2.32. The average molecular weight is 139 g/mol. The summed E-state index contributed by atoms with van der Waals surface area (Å²) in [7, 11) is 0. The SMILES string of the molecule is O=C1[N]OC2=C1CCNC2. The van der Waals surface area contributed by atoms with Crippen molar-refractivity contribution in [2.75, 3.05) is 13.1 Å². The smallest absolute Gasteiger partial charge is 0.311 e. The fourth-order valence-corrected chi connectivity index (χ4v) is 1.13. The molecule has 0 unspecified atom stereocenters. The summed E-state index contributed by atoms with van der Waals surface area (Å²) in [6.07, 6.45) is 0.748. The first-order valence-electron chi connectivity index (χ1n) is 3.23. The zero-order valence-corrected chi connectivity index (χ0v) is 5.39. The van der Waals surface area contributed by atoms with Crippen molar-refractivity contribution in [1.82, 2.24) is 10.8 Å². The fourth-order valence-electron chi connectivity index (χ4n) is 1.13. The topological polar surface area (TPSA) is 52.4 Å². The van der Waals surface area contributed by atoms with E-state index in [1.54, 1.807) is 0 Å². The molecule has 1 N–H and O–H groups in total. The van der Waals surface area contributed by atoms with Crippen LogP contribution in [0.15, 0.2) is 11.3 Å². The monoisotopic (exact) mass is 139 g/mol. The van der Waals surface area contributed by atoms with Gasteiger partial charge in [-0.3, -0.25) is 4.79 Å². The van der Waals surface area contributed by atoms with E-state index in [0.717, 1.165) is 18.5 Å². The van der Waals surface area contributed by atoms with E-state index in [2.05, 4.69) is 10.8 Å². The first kappa shape index (κ1) is 5.73. The van der Waals surface area contributed by atoms with Crippen LogP contribution in [0.4, 0.5) is 0 Å². The molecule has 4 nitrogen and oxygen atoms in total. The molecule has 1 amide bonds. The van der Waals surface area contributed by atoms with Crippen LogP contribution >= 0.6 is 0 Å². The molecule has 0 spiro atoms. The van der Waals surface area contributed by atoms with Crippen LogP contribution in [0.25, 0.3) is 0 Å². The Morgan fingerprint density at radius 3 is 3.30 bits per heavy atom. The van der Waals surface area contributed by atoms with E-state index in [4.69, 9.17) is 4.84 Å². The first-order valence-corrected chi connectivity index (χ1v) is 3.23. The Bertz CT molecular complexity index is 210. The number of hydrogen-bond acceptors (Lipinski definition) is 3. The minimum Gasteiger partial charge on any atom is -0.356 e. The van der Waals surface area contributed by atoms with Gasteiger partial charge < -0.3 is 10.2 Å². The number of amides is 1. The third-order valence-electron chi connectivity index (χ3n) is 1.67. The van der Waals surface area contributed by atoms with Crippen molar-refractivity contribution in [3.05, 3.63) is 11.3 Å². The molecule has 10 heavy (non-hydrogen) atoms. The molecule has 1 radical (unpaired) electrons. The molecule has 0 aromatic heterocycles. The van der Waals surface area contributed by atoms with Gasteiger partial charge in [0.2, 0.25) is 0 Å². The summed E-state index contributed by atoms with van der Waals surface area (Å²) < 4.78 is 0. The summed E-state index contributed by atoms with van der Waals surface area (Å²) in [4.78, 5) is 15.6. The summed E-state index contributed by atoms with van der Waals surface area (Å²) in [5, 5.41) is 3.08. The van der Waals surface area contributed by atoms with Gasteiger partial charge in [-0.05, 0) is 18.4 Å². The van der Waals surface area contributed by atoms with Crippen molar-refractivity contribution >= 4 is 5.91 Å². The van der Waals surface area contributed by atoms with Gasteiger partial charge in [0.1, 0.15) is 0 Å². The predicted octanol–water partition coefficient (Wildman–Crippen LogP) is -0.690. The molecule has 0 aliphatic carbocycles. The van der Waals surface area contributed by atoms with Crippen molar-refractivity contribution in [2.45, 2.75) is 6.42 Å². The van der Waals surface area contributed by atoms with E-state index >= 15 is 0 Å². The number of carbonyl (C=O) groups excluding carboxylic acids is 1. The minimum atomic E-state index is -0.198. The van der Waals surface area contributed by atoms with E-state index in [1.165, 1.54) is 0 Å². The third-order valence-corrected chi connectivity index (χ3v) is 1.67. The molecule has 0 aromatic rings. The van der Waals surface area contributed by atoms with Gasteiger partial charge in [0.05, 0.1) is 12.1 Å². The lowest BCUT2D eigenvalue weighted by atomic mass is 10.1. The molecule has 4 heteroatoms. The number of nitrogens with zero attached hydrogens (tertiary/aromatic N) is 1. The molecule has 2 aliphatic rings. The summed E-state index contributed by atoms with van der Waals surface area (Å²) >= 11 is 0. The molecular formula is C6H7N2O2. The normalized spacial score (nSPS) is 23.8. The van der Waals surface area contributed by atoms with Crippen LogP contribution in [0.1, 0.15) is 6.42 Å². The van der Waals surface area contributed by atoms with Gasteiger partial charge in [-0.15, -0.1) is 0 Å². The number of hydroxylamine groups is 1. The quantitative estimate of drug-likeness (QED) is 0.483.